The van der Waals surface area contributed by atoms with Crippen molar-refractivity contribution in [3.8, 4) is 0 Å². The van der Waals surface area contributed by atoms with Crippen LogP contribution in [0.15, 0.2) is 47.8 Å². The molecule has 4 nitrogen and oxygen atoms in total. The lowest BCUT2D eigenvalue weighted by Crippen LogP contribution is -2.24. The number of allylic oxidation sites excluding steroid dienone is 4. The molecule has 0 amide bonds. The maximum atomic E-state index is 11.2. The van der Waals surface area contributed by atoms with Gasteiger partial charge in [0.25, 0.3) is 5.69 Å². The number of hydrogen-bond donors (Lipinski definition) is 0. The van der Waals surface area contributed by atoms with Crippen LogP contribution in [0.2, 0.25) is 0 Å². The monoisotopic (exact) mass is 286 g/mol. The lowest BCUT2D eigenvalue weighted by atomic mass is 9.92. The van der Waals surface area contributed by atoms with Crippen LogP contribution in [0.1, 0.15) is 45.1 Å². The molecule has 0 N–H and O–H groups in total. The van der Waals surface area contributed by atoms with Crippen LogP contribution in [-0.2, 0) is 0 Å². The number of unbranched alkanes of at least 4 members (excludes halogenated alkanes) is 1. The summed E-state index contributed by atoms with van der Waals surface area (Å²) in [5.74, 6) is -0.0236. The van der Waals surface area contributed by atoms with Gasteiger partial charge in [0, 0.05) is 35.5 Å². The molecule has 0 saturated carbocycles. The molecule has 4 heteroatoms. The summed E-state index contributed by atoms with van der Waals surface area (Å²) in [7, 11) is 0. The minimum absolute atomic E-state index is 0.0236. The first-order valence-electron chi connectivity index (χ1n) is 7.42. The molecule has 0 bridgehead atoms. The van der Waals surface area contributed by atoms with E-state index in [2.05, 4.69) is 37.8 Å². The highest BCUT2D eigenvalue weighted by Crippen LogP contribution is 2.34. The molecule has 0 fully saturated rings. The highest BCUT2D eigenvalue weighted by molar-refractivity contribution is 5.47. The van der Waals surface area contributed by atoms with Crippen molar-refractivity contribution in [3.05, 3.63) is 63.5 Å². The van der Waals surface area contributed by atoms with E-state index in [-0.39, 0.29) is 16.5 Å². The van der Waals surface area contributed by atoms with E-state index >= 15 is 0 Å². The fourth-order valence-electron chi connectivity index (χ4n) is 2.81. The third-order valence-electron chi connectivity index (χ3n) is 3.92. The zero-order valence-electron chi connectivity index (χ0n) is 12.9. The third-order valence-corrected chi connectivity index (χ3v) is 3.92. The molecule has 1 aromatic rings. The van der Waals surface area contributed by atoms with Gasteiger partial charge in [-0.3, -0.25) is 10.1 Å². The summed E-state index contributed by atoms with van der Waals surface area (Å²) in [5.41, 5.74) is 3.30. The molecule has 0 atom stereocenters. The van der Waals surface area contributed by atoms with Crippen molar-refractivity contribution in [1.82, 2.24) is 4.90 Å². The van der Waals surface area contributed by atoms with Gasteiger partial charge in [-0.2, -0.15) is 0 Å². The Balaban J connectivity index is 2.32. The van der Waals surface area contributed by atoms with Crippen LogP contribution in [0.4, 0.5) is 5.69 Å². The van der Waals surface area contributed by atoms with Crippen molar-refractivity contribution >= 4 is 5.69 Å². The van der Waals surface area contributed by atoms with Crippen LogP contribution in [-0.4, -0.2) is 16.4 Å². The van der Waals surface area contributed by atoms with Crippen LogP contribution in [0.25, 0.3) is 0 Å². The van der Waals surface area contributed by atoms with E-state index in [0.29, 0.717) is 0 Å². The molecule has 1 aliphatic rings. The summed E-state index contributed by atoms with van der Waals surface area (Å²) in [5, 5.41) is 11.2. The van der Waals surface area contributed by atoms with E-state index in [1.807, 2.05) is 12.1 Å². The van der Waals surface area contributed by atoms with E-state index < -0.39 is 0 Å². The molecular formula is C17H22N2O2. The van der Waals surface area contributed by atoms with Gasteiger partial charge in [0.05, 0.1) is 4.92 Å². The van der Waals surface area contributed by atoms with Crippen molar-refractivity contribution in [2.45, 2.75) is 39.5 Å². The lowest BCUT2D eigenvalue weighted by molar-refractivity contribution is -0.385. The second kappa shape index (κ2) is 6.57. The number of nitro benzene ring substituents is 1. The van der Waals surface area contributed by atoms with Gasteiger partial charge >= 0.3 is 0 Å². The largest absolute Gasteiger partial charge is 0.350 e. The van der Waals surface area contributed by atoms with Gasteiger partial charge in [-0.25, -0.2) is 0 Å². The van der Waals surface area contributed by atoms with Crippen LogP contribution >= 0.6 is 0 Å². The zero-order valence-corrected chi connectivity index (χ0v) is 12.9. The molecule has 1 heterocycles. The SMILES string of the molecule is CCCCN1C(C)=CC(c2ccccc2[N+](=O)[O-])C=C1C. The summed E-state index contributed by atoms with van der Waals surface area (Å²) in [4.78, 5) is 13.2. The van der Waals surface area contributed by atoms with Crippen molar-refractivity contribution in [3.63, 3.8) is 0 Å². The predicted octanol–water partition coefficient (Wildman–Crippen LogP) is 4.60. The molecule has 112 valence electrons. The second-order valence-electron chi connectivity index (χ2n) is 5.46. The quantitative estimate of drug-likeness (QED) is 0.587. The number of hydrogen-bond acceptors (Lipinski definition) is 3. The first-order chi connectivity index (χ1) is 10.0. The van der Waals surface area contributed by atoms with E-state index in [9.17, 15) is 10.1 Å². The Morgan fingerprint density at radius 1 is 1.19 bits per heavy atom. The van der Waals surface area contributed by atoms with Gasteiger partial charge in [0.15, 0.2) is 0 Å². The maximum absolute atomic E-state index is 11.2. The molecule has 0 aromatic heterocycles. The van der Waals surface area contributed by atoms with Gasteiger partial charge in [0.1, 0.15) is 0 Å². The van der Waals surface area contributed by atoms with Crippen molar-refractivity contribution in [1.29, 1.82) is 0 Å². The van der Waals surface area contributed by atoms with Crippen molar-refractivity contribution in [2.24, 2.45) is 0 Å². The van der Waals surface area contributed by atoms with Crippen LogP contribution in [0, 0.1) is 10.1 Å². The fraction of sp³-hybridized carbons (Fsp3) is 0.412. The summed E-state index contributed by atoms with van der Waals surface area (Å²) < 4.78 is 0. The second-order valence-corrected chi connectivity index (χ2v) is 5.46. The normalized spacial score (nSPS) is 15.7. The lowest BCUT2D eigenvalue weighted by Gasteiger charge is -2.31. The number of nitro groups is 1. The number of para-hydroxylation sites is 1. The first kappa shape index (κ1) is 15.3. The summed E-state index contributed by atoms with van der Waals surface area (Å²) >= 11 is 0. The van der Waals surface area contributed by atoms with Crippen molar-refractivity contribution in [2.75, 3.05) is 6.54 Å². The van der Waals surface area contributed by atoms with Crippen molar-refractivity contribution < 1.29 is 4.92 Å². The van der Waals surface area contributed by atoms with E-state index in [0.717, 1.165) is 24.9 Å². The smallest absolute Gasteiger partial charge is 0.273 e. The average Bonchev–Trinajstić information content (AvgIpc) is 2.46. The Hall–Kier alpha value is -2.10. The van der Waals surface area contributed by atoms with E-state index in [4.69, 9.17) is 0 Å². The minimum Gasteiger partial charge on any atom is -0.350 e. The molecule has 1 aliphatic heterocycles. The standard InChI is InChI=1S/C17H22N2O2/c1-4-5-10-18-13(2)11-15(12-14(18)3)16-8-6-7-9-17(16)19(20)21/h6-9,11-12,15H,4-5,10H2,1-3H3. The van der Waals surface area contributed by atoms with Gasteiger partial charge in [-0.1, -0.05) is 43.7 Å². The Kier molecular flexibility index (Phi) is 4.78. The molecule has 0 spiro atoms. The third kappa shape index (κ3) is 3.32. The van der Waals surface area contributed by atoms with E-state index in [1.54, 1.807) is 12.1 Å². The molecule has 0 saturated heterocycles. The highest BCUT2D eigenvalue weighted by atomic mass is 16.6. The molecule has 0 aliphatic carbocycles. The topological polar surface area (TPSA) is 46.4 Å². The molecule has 1 aromatic carbocycles. The Labute approximate surface area is 125 Å². The minimum atomic E-state index is -0.300. The van der Waals surface area contributed by atoms with E-state index in [1.165, 1.54) is 11.4 Å². The van der Waals surface area contributed by atoms with Crippen LogP contribution in [0.5, 0.6) is 0 Å². The molecule has 0 unspecified atom stereocenters. The number of nitrogens with zero attached hydrogens (tertiary/aromatic N) is 2. The summed E-state index contributed by atoms with van der Waals surface area (Å²) in [6.07, 6.45) is 6.53. The molecule has 0 radical (unpaired) electrons. The van der Waals surface area contributed by atoms with Gasteiger partial charge in [-0.15, -0.1) is 0 Å². The van der Waals surface area contributed by atoms with Crippen LogP contribution in [0.3, 0.4) is 0 Å². The molecule has 2 rings (SSSR count). The highest BCUT2D eigenvalue weighted by Gasteiger charge is 2.23. The Morgan fingerprint density at radius 2 is 1.81 bits per heavy atom. The zero-order chi connectivity index (χ0) is 15.4. The summed E-state index contributed by atoms with van der Waals surface area (Å²) in [6, 6.07) is 6.99. The van der Waals surface area contributed by atoms with Crippen LogP contribution < -0.4 is 0 Å². The predicted molar refractivity (Wildman–Crippen MR) is 85.0 cm³/mol. The summed E-state index contributed by atoms with van der Waals surface area (Å²) in [6.45, 7) is 7.34. The number of rotatable bonds is 5. The fourth-order valence-corrected chi connectivity index (χ4v) is 2.81. The maximum Gasteiger partial charge on any atom is 0.273 e. The molecule has 21 heavy (non-hydrogen) atoms. The first-order valence-corrected chi connectivity index (χ1v) is 7.42. The van der Waals surface area contributed by atoms with Gasteiger partial charge in [-0.05, 0) is 20.3 Å². The van der Waals surface area contributed by atoms with Gasteiger partial charge < -0.3 is 4.90 Å². The Bertz CT molecular complexity index is 570. The Morgan fingerprint density at radius 3 is 2.38 bits per heavy atom. The van der Waals surface area contributed by atoms with Gasteiger partial charge in [0.2, 0.25) is 0 Å². The molecular weight excluding hydrogens is 264 g/mol. The number of benzene rings is 1. The average molecular weight is 286 g/mol.